The molecule has 0 radical (unpaired) electrons. The minimum atomic E-state index is -0.508. The van der Waals surface area contributed by atoms with Gasteiger partial charge in [0.2, 0.25) is 5.91 Å². The molecule has 0 heterocycles. The molecular weight excluding hydrogens is 443 g/mol. The van der Waals surface area contributed by atoms with E-state index in [4.69, 9.17) is 4.74 Å². The number of carbonyl (C=O) groups is 1. The molecule has 6 nitrogen and oxygen atoms in total. The number of hydrogen-bond donors (Lipinski definition) is 2. The van der Waals surface area contributed by atoms with Crippen molar-refractivity contribution in [3.8, 4) is 5.75 Å². The number of benzene rings is 1. The summed E-state index contributed by atoms with van der Waals surface area (Å²) in [5.41, 5.74) is 0.656. The summed E-state index contributed by atoms with van der Waals surface area (Å²) >= 11 is 0. The van der Waals surface area contributed by atoms with Gasteiger partial charge in [0, 0.05) is 33.7 Å². The number of aliphatic imine (C=N–C) groups is 1. The normalized spacial score (nSPS) is 11.4. The largest absolute Gasteiger partial charge is 0.494 e. The van der Waals surface area contributed by atoms with Crippen molar-refractivity contribution < 1.29 is 9.53 Å². The molecule has 1 aromatic carbocycles. The van der Waals surface area contributed by atoms with Gasteiger partial charge in [-0.15, -0.1) is 24.0 Å². The highest BCUT2D eigenvalue weighted by Crippen LogP contribution is 2.15. The van der Waals surface area contributed by atoms with Crippen molar-refractivity contribution in [2.45, 2.75) is 34.2 Å². The molecule has 0 aliphatic heterocycles. The molecule has 148 valence electrons. The van der Waals surface area contributed by atoms with Crippen LogP contribution >= 0.6 is 24.0 Å². The molecule has 1 aromatic rings. The highest BCUT2D eigenvalue weighted by atomic mass is 127. The molecule has 0 saturated heterocycles. The topological polar surface area (TPSA) is 66.0 Å². The van der Waals surface area contributed by atoms with Gasteiger partial charge in [0.05, 0.1) is 12.0 Å². The minimum absolute atomic E-state index is 0. The Morgan fingerprint density at radius 2 is 1.81 bits per heavy atom. The van der Waals surface area contributed by atoms with Crippen molar-refractivity contribution >= 4 is 35.8 Å². The average molecular weight is 476 g/mol. The average Bonchev–Trinajstić information content (AvgIpc) is 2.57. The van der Waals surface area contributed by atoms with Crippen LogP contribution in [-0.2, 0) is 11.3 Å². The van der Waals surface area contributed by atoms with Crippen LogP contribution in [-0.4, -0.2) is 50.6 Å². The summed E-state index contributed by atoms with van der Waals surface area (Å²) in [4.78, 5) is 18.4. The van der Waals surface area contributed by atoms with Crippen molar-refractivity contribution in [3.63, 3.8) is 0 Å². The summed E-state index contributed by atoms with van der Waals surface area (Å²) in [5.74, 6) is 1.67. The van der Waals surface area contributed by atoms with Gasteiger partial charge in [-0.05, 0) is 45.4 Å². The van der Waals surface area contributed by atoms with Crippen LogP contribution in [0.1, 0.15) is 33.3 Å². The monoisotopic (exact) mass is 476 g/mol. The SMILES string of the molecule is CCNC(=O)C(C)(C)CNC(=NC)N(C)Cc1ccc(OCC)cc1.I. The van der Waals surface area contributed by atoms with Gasteiger partial charge in [0.25, 0.3) is 0 Å². The second-order valence-corrected chi connectivity index (χ2v) is 6.58. The van der Waals surface area contributed by atoms with Crippen molar-refractivity contribution in [2.75, 3.05) is 33.8 Å². The van der Waals surface area contributed by atoms with Crippen molar-refractivity contribution in [2.24, 2.45) is 10.4 Å². The number of nitrogens with one attached hydrogen (secondary N) is 2. The second kappa shape index (κ2) is 12.0. The lowest BCUT2D eigenvalue weighted by Crippen LogP contribution is -2.48. The smallest absolute Gasteiger partial charge is 0.227 e. The van der Waals surface area contributed by atoms with Gasteiger partial charge in [0.15, 0.2) is 5.96 Å². The van der Waals surface area contributed by atoms with Gasteiger partial charge < -0.3 is 20.3 Å². The fourth-order valence-electron chi connectivity index (χ4n) is 2.37. The van der Waals surface area contributed by atoms with Gasteiger partial charge >= 0.3 is 0 Å². The van der Waals surface area contributed by atoms with Crippen LogP contribution < -0.4 is 15.4 Å². The first-order valence-electron chi connectivity index (χ1n) is 8.75. The van der Waals surface area contributed by atoms with Gasteiger partial charge in [0.1, 0.15) is 5.75 Å². The molecule has 0 spiro atoms. The Morgan fingerprint density at radius 3 is 2.31 bits per heavy atom. The third-order valence-electron chi connectivity index (χ3n) is 3.87. The molecule has 1 rings (SSSR count). The van der Waals surface area contributed by atoms with Crippen molar-refractivity contribution in [1.82, 2.24) is 15.5 Å². The van der Waals surface area contributed by atoms with E-state index in [2.05, 4.69) is 15.6 Å². The van der Waals surface area contributed by atoms with E-state index in [-0.39, 0.29) is 29.9 Å². The zero-order chi connectivity index (χ0) is 18.9. The fourth-order valence-corrected chi connectivity index (χ4v) is 2.37. The zero-order valence-electron chi connectivity index (χ0n) is 16.8. The van der Waals surface area contributed by atoms with Crippen LogP contribution in [0.3, 0.4) is 0 Å². The number of halogens is 1. The number of hydrogen-bond acceptors (Lipinski definition) is 3. The predicted octanol–water partition coefficient (Wildman–Crippen LogP) is 2.87. The zero-order valence-corrected chi connectivity index (χ0v) is 19.1. The first kappa shape index (κ1) is 24.5. The molecule has 26 heavy (non-hydrogen) atoms. The summed E-state index contributed by atoms with van der Waals surface area (Å²) in [5, 5.41) is 6.16. The minimum Gasteiger partial charge on any atom is -0.494 e. The Kier molecular flexibility index (Phi) is 11.3. The van der Waals surface area contributed by atoms with Crippen LogP contribution in [0.2, 0.25) is 0 Å². The van der Waals surface area contributed by atoms with E-state index in [1.165, 1.54) is 0 Å². The van der Waals surface area contributed by atoms with Crippen molar-refractivity contribution in [1.29, 1.82) is 0 Å². The summed E-state index contributed by atoms with van der Waals surface area (Å²) in [6, 6.07) is 8.04. The number of carbonyl (C=O) groups excluding carboxylic acids is 1. The van der Waals surface area contributed by atoms with Gasteiger partial charge in [-0.3, -0.25) is 9.79 Å². The molecule has 0 saturated carbocycles. The first-order valence-corrected chi connectivity index (χ1v) is 8.75. The van der Waals surface area contributed by atoms with Crippen LogP contribution in [0.5, 0.6) is 5.75 Å². The Morgan fingerprint density at radius 1 is 1.19 bits per heavy atom. The van der Waals surface area contributed by atoms with Crippen LogP contribution in [0.4, 0.5) is 0 Å². The standard InChI is InChI=1S/C19H32N4O2.HI/c1-7-21-17(24)19(3,4)14-22-18(20-5)23(6)13-15-9-11-16(12-10-15)25-8-2;/h9-12H,7-8,13-14H2,1-6H3,(H,20,22)(H,21,24);1H. The molecule has 0 unspecified atom stereocenters. The molecule has 7 heteroatoms. The van der Waals surface area contributed by atoms with Gasteiger partial charge in [-0.1, -0.05) is 12.1 Å². The number of rotatable bonds is 8. The Labute approximate surface area is 174 Å². The molecule has 0 fully saturated rings. The molecule has 1 amide bonds. The maximum Gasteiger partial charge on any atom is 0.227 e. The summed E-state index contributed by atoms with van der Waals surface area (Å²) in [6.45, 7) is 10.3. The van der Waals surface area contributed by atoms with E-state index >= 15 is 0 Å². The molecule has 0 aliphatic carbocycles. The van der Waals surface area contributed by atoms with E-state index in [9.17, 15) is 4.79 Å². The third kappa shape index (κ3) is 7.80. The molecular formula is C19H33IN4O2. The molecule has 2 N–H and O–H groups in total. The highest BCUT2D eigenvalue weighted by Gasteiger charge is 2.27. The lowest BCUT2D eigenvalue weighted by molar-refractivity contribution is -0.128. The van der Waals surface area contributed by atoms with E-state index in [0.717, 1.165) is 17.3 Å². The van der Waals surface area contributed by atoms with Crippen LogP contribution in [0.25, 0.3) is 0 Å². The van der Waals surface area contributed by atoms with Crippen LogP contribution in [0, 0.1) is 5.41 Å². The highest BCUT2D eigenvalue weighted by molar-refractivity contribution is 14.0. The number of guanidine groups is 1. The van der Waals surface area contributed by atoms with Crippen LogP contribution in [0.15, 0.2) is 29.3 Å². The third-order valence-corrected chi connectivity index (χ3v) is 3.87. The maximum absolute atomic E-state index is 12.1. The Hall–Kier alpha value is -1.51. The van der Waals surface area contributed by atoms with E-state index in [1.54, 1.807) is 7.05 Å². The molecule has 0 atom stereocenters. The summed E-state index contributed by atoms with van der Waals surface area (Å²) in [6.07, 6.45) is 0. The lowest BCUT2D eigenvalue weighted by Gasteiger charge is -2.28. The summed E-state index contributed by atoms with van der Waals surface area (Å²) < 4.78 is 5.47. The lowest BCUT2D eigenvalue weighted by atomic mass is 9.92. The molecule has 0 bridgehead atoms. The second-order valence-electron chi connectivity index (χ2n) is 6.58. The van der Waals surface area contributed by atoms with E-state index in [0.29, 0.717) is 26.2 Å². The van der Waals surface area contributed by atoms with E-state index in [1.807, 2.05) is 63.9 Å². The maximum atomic E-state index is 12.1. The number of nitrogens with zero attached hydrogens (tertiary/aromatic N) is 2. The van der Waals surface area contributed by atoms with Gasteiger partial charge in [-0.2, -0.15) is 0 Å². The summed E-state index contributed by atoms with van der Waals surface area (Å²) in [7, 11) is 3.72. The Bertz CT molecular complexity index is 573. The fraction of sp³-hybridized carbons (Fsp3) is 0.579. The Balaban J connectivity index is 0.00000625. The molecule has 0 aromatic heterocycles. The number of amides is 1. The van der Waals surface area contributed by atoms with Gasteiger partial charge in [-0.25, -0.2) is 0 Å². The predicted molar refractivity (Wildman–Crippen MR) is 118 cm³/mol. The first-order chi connectivity index (χ1) is 11.8. The molecule has 0 aliphatic rings. The quantitative estimate of drug-likeness (QED) is 0.344. The van der Waals surface area contributed by atoms with Crippen molar-refractivity contribution in [3.05, 3.63) is 29.8 Å². The number of ether oxygens (including phenoxy) is 1. The van der Waals surface area contributed by atoms with E-state index < -0.39 is 5.41 Å².